The maximum Gasteiger partial charge on any atom is 0.352 e. The number of nitrogens with one attached hydrogen (secondary N) is 1. The van der Waals surface area contributed by atoms with Crippen LogP contribution in [0.4, 0.5) is 5.95 Å². The number of nitriles is 1. The lowest BCUT2D eigenvalue weighted by molar-refractivity contribution is 0.687. The minimum atomic E-state index is -0.441. The van der Waals surface area contributed by atoms with Crippen LogP contribution in [-0.2, 0) is 6.54 Å². The van der Waals surface area contributed by atoms with Crippen molar-refractivity contribution in [2.45, 2.75) is 6.54 Å². The van der Waals surface area contributed by atoms with Gasteiger partial charge in [0.15, 0.2) is 0 Å². The van der Waals surface area contributed by atoms with E-state index in [1.54, 1.807) is 25.4 Å². The predicted molar refractivity (Wildman–Crippen MR) is 63.9 cm³/mol. The molecule has 7 heteroatoms. The highest BCUT2D eigenvalue weighted by atomic mass is 16.1. The lowest BCUT2D eigenvalue weighted by Crippen LogP contribution is -2.25. The molecule has 0 fully saturated rings. The zero-order valence-corrected chi connectivity index (χ0v) is 9.66. The first-order valence-corrected chi connectivity index (χ1v) is 5.20. The molecule has 0 aliphatic carbocycles. The third kappa shape index (κ3) is 2.32. The van der Waals surface area contributed by atoms with Gasteiger partial charge in [0.05, 0.1) is 17.8 Å². The molecule has 2 rings (SSSR count). The second kappa shape index (κ2) is 5.05. The fraction of sp³-hybridized carbons (Fsp3) is 0.182. The molecule has 2 aromatic heterocycles. The molecule has 0 spiro atoms. The van der Waals surface area contributed by atoms with Gasteiger partial charge >= 0.3 is 5.69 Å². The van der Waals surface area contributed by atoms with Crippen LogP contribution in [0.25, 0.3) is 0 Å². The van der Waals surface area contributed by atoms with E-state index in [1.165, 1.54) is 10.9 Å². The fourth-order valence-corrected chi connectivity index (χ4v) is 1.41. The first-order valence-electron chi connectivity index (χ1n) is 5.20. The summed E-state index contributed by atoms with van der Waals surface area (Å²) in [5.41, 5.74) is 0.508. The summed E-state index contributed by atoms with van der Waals surface area (Å²) in [5, 5.41) is 11.6. The summed E-state index contributed by atoms with van der Waals surface area (Å²) in [6, 6.07) is 5.35. The Labute approximate surface area is 103 Å². The first-order chi connectivity index (χ1) is 8.74. The van der Waals surface area contributed by atoms with E-state index in [2.05, 4.69) is 20.3 Å². The van der Waals surface area contributed by atoms with Crippen molar-refractivity contribution in [1.29, 1.82) is 5.26 Å². The quantitative estimate of drug-likeness (QED) is 0.813. The number of hydrogen-bond acceptors (Lipinski definition) is 6. The highest BCUT2D eigenvalue weighted by Crippen LogP contribution is 2.04. The fourth-order valence-electron chi connectivity index (χ4n) is 1.41. The minimum absolute atomic E-state index is 0.173. The normalized spacial score (nSPS) is 9.78. The predicted octanol–water partition coefficient (Wildman–Crippen LogP) is -0.00502. The van der Waals surface area contributed by atoms with Crippen molar-refractivity contribution in [1.82, 2.24) is 19.5 Å². The summed E-state index contributed by atoms with van der Waals surface area (Å²) in [6.45, 7) is 0.173. The van der Waals surface area contributed by atoms with Crippen molar-refractivity contribution in [3.05, 3.63) is 46.4 Å². The highest BCUT2D eigenvalue weighted by molar-refractivity contribution is 5.32. The van der Waals surface area contributed by atoms with Gasteiger partial charge in [-0.05, 0) is 12.1 Å². The SMILES string of the molecule is CNc1ncn(Cc2ncccc2C#N)c(=O)n1. The van der Waals surface area contributed by atoms with Crippen LogP contribution in [0.15, 0.2) is 29.5 Å². The van der Waals surface area contributed by atoms with E-state index in [1.807, 2.05) is 6.07 Å². The Kier molecular flexibility index (Phi) is 3.29. The van der Waals surface area contributed by atoms with Crippen LogP contribution >= 0.6 is 0 Å². The Morgan fingerprint density at radius 1 is 1.50 bits per heavy atom. The molecule has 7 nitrogen and oxygen atoms in total. The van der Waals surface area contributed by atoms with E-state index in [0.29, 0.717) is 11.3 Å². The maximum atomic E-state index is 11.7. The minimum Gasteiger partial charge on any atom is -0.357 e. The molecule has 0 saturated heterocycles. The lowest BCUT2D eigenvalue weighted by Gasteiger charge is -2.05. The summed E-state index contributed by atoms with van der Waals surface area (Å²) in [6.07, 6.45) is 2.95. The van der Waals surface area contributed by atoms with Crippen LogP contribution in [0.3, 0.4) is 0 Å². The standard InChI is InChI=1S/C11H10N6O/c1-13-10-15-7-17(11(18)16-10)6-9-8(5-12)3-2-4-14-9/h2-4,7H,6H2,1H3,(H,13,16,18). The Hall–Kier alpha value is -2.75. The monoisotopic (exact) mass is 242 g/mol. The second-order valence-corrected chi connectivity index (χ2v) is 3.45. The molecule has 1 N–H and O–H groups in total. The molecule has 0 saturated carbocycles. The topological polar surface area (TPSA) is 96.5 Å². The molecule has 0 atom stereocenters. The van der Waals surface area contributed by atoms with Gasteiger partial charge in [0.25, 0.3) is 0 Å². The van der Waals surface area contributed by atoms with Crippen LogP contribution in [0.1, 0.15) is 11.3 Å². The molecule has 18 heavy (non-hydrogen) atoms. The summed E-state index contributed by atoms with van der Waals surface area (Å²) in [4.78, 5) is 23.4. The van der Waals surface area contributed by atoms with Gasteiger partial charge in [0.2, 0.25) is 5.95 Å². The van der Waals surface area contributed by atoms with Gasteiger partial charge in [-0.15, -0.1) is 0 Å². The van der Waals surface area contributed by atoms with E-state index in [-0.39, 0.29) is 12.5 Å². The van der Waals surface area contributed by atoms with Crippen molar-refractivity contribution in [3.8, 4) is 6.07 Å². The lowest BCUT2D eigenvalue weighted by atomic mass is 10.2. The van der Waals surface area contributed by atoms with Crippen molar-refractivity contribution in [2.75, 3.05) is 12.4 Å². The summed E-state index contributed by atoms with van der Waals surface area (Å²) in [7, 11) is 1.63. The molecule has 0 aromatic carbocycles. The molecule has 0 aliphatic rings. The van der Waals surface area contributed by atoms with E-state index < -0.39 is 5.69 Å². The second-order valence-electron chi connectivity index (χ2n) is 3.45. The van der Waals surface area contributed by atoms with Gasteiger partial charge in [-0.1, -0.05) is 0 Å². The number of aromatic nitrogens is 4. The molecule has 0 radical (unpaired) electrons. The summed E-state index contributed by atoms with van der Waals surface area (Å²) < 4.78 is 1.30. The van der Waals surface area contributed by atoms with Crippen molar-refractivity contribution < 1.29 is 0 Å². The number of nitrogens with zero attached hydrogens (tertiary/aromatic N) is 5. The van der Waals surface area contributed by atoms with Gasteiger partial charge in [-0.2, -0.15) is 10.2 Å². The van der Waals surface area contributed by atoms with Gasteiger partial charge in [-0.25, -0.2) is 9.78 Å². The molecule has 0 amide bonds. The molecule has 2 heterocycles. The van der Waals surface area contributed by atoms with E-state index >= 15 is 0 Å². The van der Waals surface area contributed by atoms with Crippen LogP contribution in [-0.4, -0.2) is 26.6 Å². The Morgan fingerprint density at radius 3 is 3.00 bits per heavy atom. The van der Waals surface area contributed by atoms with E-state index in [0.717, 1.165) is 0 Å². The van der Waals surface area contributed by atoms with E-state index in [4.69, 9.17) is 5.26 Å². The Bertz CT molecular complexity index is 657. The maximum absolute atomic E-state index is 11.7. The van der Waals surface area contributed by atoms with Crippen molar-refractivity contribution >= 4 is 5.95 Å². The number of anilines is 1. The van der Waals surface area contributed by atoms with Crippen molar-refractivity contribution in [2.24, 2.45) is 0 Å². The molecular formula is C11H10N6O. The van der Waals surface area contributed by atoms with Gasteiger partial charge in [-0.3, -0.25) is 9.55 Å². The zero-order valence-electron chi connectivity index (χ0n) is 9.66. The van der Waals surface area contributed by atoms with E-state index in [9.17, 15) is 4.79 Å². The molecule has 0 aliphatic heterocycles. The van der Waals surface area contributed by atoms with Crippen LogP contribution in [0.5, 0.6) is 0 Å². The third-order valence-electron chi connectivity index (χ3n) is 2.32. The van der Waals surface area contributed by atoms with Crippen LogP contribution < -0.4 is 11.0 Å². The van der Waals surface area contributed by atoms with Gasteiger partial charge in [0.1, 0.15) is 12.4 Å². The molecule has 0 unspecified atom stereocenters. The molecule has 90 valence electrons. The number of hydrogen-bond donors (Lipinski definition) is 1. The molecular weight excluding hydrogens is 232 g/mol. The third-order valence-corrected chi connectivity index (χ3v) is 2.32. The number of pyridine rings is 1. The summed E-state index contributed by atoms with van der Waals surface area (Å²) in [5.74, 6) is 0.262. The van der Waals surface area contributed by atoms with Crippen LogP contribution in [0.2, 0.25) is 0 Å². The average Bonchev–Trinajstić information content (AvgIpc) is 2.41. The summed E-state index contributed by atoms with van der Waals surface area (Å²) >= 11 is 0. The number of rotatable bonds is 3. The molecule has 0 bridgehead atoms. The Morgan fingerprint density at radius 2 is 2.33 bits per heavy atom. The largest absolute Gasteiger partial charge is 0.357 e. The highest BCUT2D eigenvalue weighted by Gasteiger charge is 2.06. The Balaban J connectivity index is 2.35. The first kappa shape index (κ1) is 11.7. The molecule has 2 aromatic rings. The van der Waals surface area contributed by atoms with Gasteiger partial charge in [0, 0.05) is 13.2 Å². The van der Waals surface area contributed by atoms with Crippen LogP contribution in [0, 0.1) is 11.3 Å². The smallest absolute Gasteiger partial charge is 0.352 e. The van der Waals surface area contributed by atoms with Gasteiger partial charge < -0.3 is 5.32 Å². The van der Waals surface area contributed by atoms with Crippen molar-refractivity contribution in [3.63, 3.8) is 0 Å². The zero-order chi connectivity index (χ0) is 13.0. The average molecular weight is 242 g/mol.